The number of carbonyl (C=O) groups excluding carboxylic acids is 2. The quantitative estimate of drug-likeness (QED) is 0.298. The van der Waals surface area contributed by atoms with Crippen LogP contribution in [0.4, 0.5) is 5.69 Å². The Labute approximate surface area is 244 Å². The monoisotopic (exact) mass is 659 g/mol. The van der Waals surface area contributed by atoms with E-state index >= 15 is 0 Å². The average molecular weight is 660 g/mol. The summed E-state index contributed by atoms with van der Waals surface area (Å²) in [6.07, 6.45) is 5.19. The Balaban J connectivity index is 1.64. The van der Waals surface area contributed by atoms with Gasteiger partial charge in [-0.05, 0) is 84.3 Å². The number of carbonyl (C=O) groups is 2. The Morgan fingerprint density at radius 2 is 1.49 bits per heavy atom. The summed E-state index contributed by atoms with van der Waals surface area (Å²) < 4.78 is 29.6. The predicted octanol–water partition coefficient (Wildman–Crippen LogP) is 5.35. The molecule has 0 aliphatic heterocycles. The number of anilines is 1. The number of hydrogen-bond acceptors (Lipinski definition) is 4. The molecule has 0 unspecified atom stereocenters. The molecule has 39 heavy (non-hydrogen) atoms. The Morgan fingerprint density at radius 1 is 0.897 bits per heavy atom. The van der Waals surface area contributed by atoms with Crippen molar-refractivity contribution in [1.29, 1.82) is 0 Å². The lowest BCUT2D eigenvalue weighted by molar-refractivity contribution is -0.139. The molecule has 1 fully saturated rings. The molecular formula is C30H34IN3O4S. The molecule has 1 N–H and O–H groups in total. The van der Waals surface area contributed by atoms with Gasteiger partial charge in [-0.25, -0.2) is 8.42 Å². The van der Waals surface area contributed by atoms with Crippen LogP contribution in [0.5, 0.6) is 0 Å². The normalized spacial score (nSPS) is 14.8. The van der Waals surface area contributed by atoms with Crippen LogP contribution in [0.3, 0.4) is 0 Å². The Morgan fingerprint density at radius 3 is 2.10 bits per heavy atom. The van der Waals surface area contributed by atoms with Crippen molar-refractivity contribution in [3.05, 3.63) is 94.1 Å². The van der Waals surface area contributed by atoms with Crippen LogP contribution in [0, 0.1) is 3.57 Å². The molecule has 0 heterocycles. The zero-order valence-electron chi connectivity index (χ0n) is 22.0. The summed E-state index contributed by atoms with van der Waals surface area (Å²) >= 11 is 2.15. The summed E-state index contributed by atoms with van der Waals surface area (Å²) in [6.45, 7) is 1.45. The van der Waals surface area contributed by atoms with E-state index in [1.165, 1.54) is 23.5 Å². The van der Waals surface area contributed by atoms with E-state index in [1.54, 1.807) is 49.4 Å². The van der Waals surface area contributed by atoms with Crippen molar-refractivity contribution in [1.82, 2.24) is 10.2 Å². The minimum atomic E-state index is -4.05. The average Bonchev–Trinajstić information content (AvgIpc) is 2.96. The molecule has 206 valence electrons. The first-order valence-electron chi connectivity index (χ1n) is 13.2. The molecule has 4 rings (SSSR count). The van der Waals surface area contributed by atoms with E-state index in [0.717, 1.165) is 39.1 Å². The van der Waals surface area contributed by atoms with Gasteiger partial charge in [0.05, 0.1) is 10.6 Å². The van der Waals surface area contributed by atoms with Crippen LogP contribution in [0.15, 0.2) is 89.8 Å². The lowest BCUT2D eigenvalue weighted by Gasteiger charge is -2.33. The van der Waals surface area contributed by atoms with E-state index < -0.39 is 28.5 Å². The van der Waals surface area contributed by atoms with Gasteiger partial charge in [0.25, 0.3) is 10.0 Å². The van der Waals surface area contributed by atoms with Gasteiger partial charge < -0.3 is 10.2 Å². The Hall–Kier alpha value is -2.92. The number of amides is 2. The fourth-order valence-corrected chi connectivity index (χ4v) is 6.58. The number of rotatable bonds is 10. The van der Waals surface area contributed by atoms with Gasteiger partial charge in [0.15, 0.2) is 0 Å². The summed E-state index contributed by atoms with van der Waals surface area (Å²) in [4.78, 5) is 28.8. The maximum absolute atomic E-state index is 14.0. The van der Waals surface area contributed by atoms with Gasteiger partial charge in [-0.3, -0.25) is 13.9 Å². The highest BCUT2D eigenvalue weighted by Gasteiger charge is 2.33. The highest BCUT2D eigenvalue weighted by atomic mass is 127. The van der Waals surface area contributed by atoms with Gasteiger partial charge in [-0.2, -0.15) is 0 Å². The topological polar surface area (TPSA) is 86.8 Å². The number of nitrogens with zero attached hydrogens (tertiary/aromatic N) is 2. The van der Waals surface area contributed by atoms with Crippen molar-refractivity contribution in [3.8, 4) is 0 Å². The van der Waals surface area contributed by atoms with Gasteiger partial charge in [0.2, 0.25) is 11.8 Å². The third-order valence-electron chi connectivity index (χ3n) is 7.04. The van der Waals surface area contributed by atoms with Crippen molar-refractivity contribution in [2.24, 2.45) is 0 Å². The molecule has 0 radical (unpaired) electrons. The molecule has 0 bridgehead atoms. The number of nitrogens with one attached hydrogen (secondary N) is 1. The molecule has 1 atom stereocenters. The van der Waals surface area contributed by atoms with Crippen molar-refractivity contribution in [2.75, 3.05) is 10.8 Å². The van der Waals surface area contributed by atoms with Crippen LogP contribution < -0.4 is 9.62 Å². The van der Waals surface area contributed by atoms with Crippen LogP contribution in [0.25, 0.3) is 0 Å². The first kappa shape index (κ1) is 29.1. The zero-order valence-corrected chi connectivity index (χ0v) is 25.0. The second kappa shape index (κ2) is 13.4. The van der Waals surface area contributed by atoms with Crippen LogP contribution in [0.1, 0.15) is 44.6 Å². The van der Waals surface area contributed by atoms with Crippen LogP contribution >= 0.6 is 22.6 Å². The summed E-state index contributed by atoms with van der Waals surface area (Å²) in [6, 6.07) is 23.8. The lowest BCUT2D eigenvalue weighted by atomic mass is 9.95. The molecule has 1 aliphatic carbocycles. The largest absolute Gasteiger partial charge is 0.352 e. The van der Waals surface area contributed by atoms with Gasteiger partial charge in [0.1, 0.15) is 12.6 Å². The zero-order chi connectivity index (χ0) is 27.8. The molecule has 1 aliphatic rings. The van der Waals surface area contributed by atoms with Gasteiger partial charge in [-0.15, -0.1) is 0 Å². The van der Waals surface area contributed by atoms with Crippen molar-refractivity contribution < 1.29 is 18.0 Å². The van der Waals surface area contributed by atoms with E-state index in [9.17, 15) is 18.0 Å². The van der Waals surface area contributed by atoms with Crippen molar-refractivity contribution in [3.63, 3.8) is 0 Å². The van der Waals surface area contributed by atoms with Crippen molar-refractivity contribution >= 4 is 50.1 Å². The number of benzene rings is 3. The van der Waals surface area contributed by atoms with Crippen LogP contribution in [0.2, 0.25) is 0 Å². The van der Waals surface area contributed by atoms with Gasteiger partial charge in [-0.1, -0.05) is 67.8 Å². The maximum atomic E-state index is 14.0. The molecule has 0 saturated heterocycles. The fraction of sp³-hybridized carbons (Fsp3) is 0.333. The summed E-state index contributed by atoms with van der Waals surface area (Å²) in [5, 5.41) is 3.12. The second-order valence-corrected chi connectivity index (χ2v) is 12.9. The molecule has 3 aromatic rings. The number of halogens is 1. The number of hydrogen-bond donors (Lipinski definition) is 1. The molecule has 9 heteroatoms. The third-order valence-corrected chi connectivity index (χ3v) is 9.55. The molecule has 3 aromatic carbocycles. The smallest absolute Gasteiger partial charge is 0.264 e. The number of sulfonamides is 1. The van der Waals surface area contributed by atoms with Gasteiger partial charge in [0, 0.05) is 16.2 Å². The lowest BCUT2D eigenvalue weighted by Crippen LogP contribution is -2.53. The summed E-state index contributed by atoms with van der Waals surface area (Å²) in [5.41, 5.74) is 1.24. The molecule has 2 amide bonds. The third kappa shape index (κ3) is 7.60. The Bertz CT molecular complexity index is 1350. The van der Waals surface area contributed by atoms with E-state index in [2.05, 4.69) is 27.9 Å². The SMILES string of the molecule is C[C@H](C(=O)NC1CCCCC1)N(Cc1ccccc1)C(=O)CN(c1ccc(I)cc1)S(=O)(=O)c1ccccc1. The van der Waals surface area contributed by atoms with Gasteiger partial charge >= 0.3 is 0 Å². The first-order valence-corrected chi connectivity index (χ1v) is 15.7. The van der Waals surface area contributed by atoms with Crippen LogP contribution in [-0.2, 0) is 26.2 Å². The van der Waals surface area contributed by atoms with E-state index in [0.29, 0.717) is 5.69 Å². The molecule has 7 nitrogen and oxygen atoms in total. The minimum Gasteiger partial charge on any atom is -0.352 e. The highest BCUT2D eigenvalue weighted by Crippen LogP contribution is 2.25. The molecular weight excluding hydrogens is 625 g/mol. The van der Waals surface area contributed by atoms with Crippen molar-refractivity contribution in [2.45, 2.75) is 62.6 Å². The molecule has 0 spiro atoms. The van der Waals surface area contributed by atoms with E-state index in [4.69, 9.17) is 0 Å². The Kier molecular flexibility index (Phi) is 10.0. The standard InChI is InChI=1S/C30H34IN3O4S/c1-23(30(36)32-26-13-7-3-8-14-26)33(21-24-11-5-2-6-12-24)29(35)22-34(27-19-17-25(31)18-20-27)39(37,38)28-15-9-4-10-16-28/h2,4-6,9-12,15-20,23,26H,3,7-8,13-14,21-22H2,1H3,(H,32,36)/t23-/m1/s1. The highest BCUT2D eigenvalue weighted by molar-refractivity contribution is 14.1. The second-order valence-electron chi connectivity index (χ2n) is 9.83. The van der Waals surface area contributed by atoms with E-state index in [-0.39, 0.29) is 23.4 Å². The minimum absolute atomic E-state index is 0.0917. The van der Waals surface area contributed by atoms with Crippen LogP contribution in [-0.4, -0.2) is 43.8 Å². The van der Waals surface area contributed by atoms with E-state index in [1.807, 2.05) is 30.3 Å². The predicted molar refractivity (Wildman–Crippen MR) is 162 cm³/mol. The molecule has 1 saturated carbocycles. The summed E-state index contributed by atoms with van der Waals surface area (Å²) in [5.74, 6) is -0.680. The molecule has 0 aromatic heterocycles. The fourth-order valence-electron chi connectivity index (χ4n) is 4.79. The first-order chi connectivity index (χ1) is 18.8. The maximum Gasteiger partial charge on any atom is 0.264 e. The summed E-state index contributed by atoms with van der Waals surface area (Å²) in [7, 11) is -4.05.